The lowest BCUT2D eigenvalue weighted by Crippen LogP contribution is -2.61. The molecular weight excluding hydrogens is 615 g/mol. The van der Waals surface area contributed by atoms with Gasteiger partial charge in [0.05, 0.1) is 0 Å². The number of anilines is 5. The Balaban J connectivity index is 1.33. The summed E-state index contributed by atoms with van der Waals surface area (Å²) in [7, 11) is 0. The zero-order chi connectivity index (χ0) is 35.8. The van der Waals surface area contributed by atoms with Gasteiger partial charge in [-0.25, -0.2) is 0 Å². The van der Waals surface area contributed by atoms with Crippen LogP contribution in [0.2, 0.25) is 0 Å². The number of aryl methyl sites for hydroxylation is 2. The van der Waals surface area contributed by atoms with Gasteiger partial charge in [0.25, 0.3) is 0 Å². The number of hydrogen-bond donors (Lipinski definition) is 0. The van der Waals surface area contributed by atoms with Gasteiger partial charge in [-0.15, -0.1) is 0 Å². The van der Waals surface area contributed by atoms with E-state index in [0.717, 1.165) is 0 Å². The number of fused-ring (bicyclic) bond motifs is 6. The van der Waals surface area contributed by atoms with E-state index in [1.54, 1.807) is 0 Å². The van der Waals surface area contributed by atoms with Gasteiger partial charge < -0.3 is 9.71 Å². The average Bonchev–Trinajstić information content (AvgIpc) is 3.09. The van der Waals surface area contributed by atoms with Gasteiger partial charge in [-0.3, -0.25) is 0 Å². The summed E-state index contributed by atoms with van der Waals surface area (Å²) in [4.78, 5) is 5.30. The van der Waals surface area contributed by atoms with E-state index in [2.05, 4.69) is 170 Å². The van der Waals surface area contributed by atoms with Crippen molar-refractivity contribution in [3.05, 3.63) is 124 Å². The van der Waals surface area contributed by atoms with Gasteiger partial charge >= 0.3 is 6.85 Å². The second-order valence-corrected chi connectivity index (χ2v) is 18.9. The van der Waals surface area contributed by atoms with Gasteiger partial charge in [0.15, 0.2) is 0 Å². The molecule has 0 saturated carbocycles. The van der Waals surface area contributed by atoms with Crippen molar-refractivity contribution in [1.82, 2.24) is 0 Å². The molecule has 5 aromatic rings. The monoisotopic (exact) mass is 668 g/mol. The van der Waals surface area contributed by atoms with Crippen molar-refractivity contribution in [1.29, 1.82) is 0 Å². The second kappa shape index (κ2) is 10.7. The van der Waals surface area contributed by atoms with Crippen molar-refractivity contribution < 1.29 is 0 Å². The van der Waals surface area contributed by atoms with Crippen molar-refractivity contribution in [2.75, 3.05) is 9.71 Å². The SMILES string of the molecule is Cc1cc2c3c(c1)N(c1cc4c(cc1C)C(C)(C)CCC4(C)C)c1ccccc1B3N(c1ccc3c(c1)C(C)(C)CCC3(C)C)c1ccccc1-2. The summed E-state index contributed by atoms with van der Waals surface area (Å²) in [6, 6.07) is 35.8. The maximum absolute atomic E-state index is 2.68. The second-order valence-electron chi connectivity index (χ2n) is 18.9. The molecular formula is C48H53BN2. The minimum absolute atomic E-state index is 0.0454. The number of rotatable bonds is 2. The Kier molecular flexibility index (Phi) is 6.82. The Morgan fingerprint density at radius 2 is 1.06 bits per heavy atom. The third-order valence-electron chi connectivity index (χ3n) is 13.5. The van der Waals surface area contributed by atoms with Crippen LogP contribution >= 0.6 is 0 Å². The molecule has 0 atom stereocenters. The molecule has 0 fully saturated rings. The van der Waals surface area contributed by atoms with Gasteiger partial charge in [-0.1, -0.05) is 110 Å². The molecule has 0 unspecified atom stereocenters. The molecule has 0 N–H and O–H groups in total. The molecule has 0 amide bonds. The Bertz CT molecular complexity index is 2270. The van der Waals surface area contributed by atoms with E-state index in [-0.39, 0.29) is 28.5 Å². The highest BCUT2D eigenvalue weighted by molar-refractivity contribution is 6.93. The third-order valence-corrected chi connectivity index (χ3v) is 13.5. The fraction of sp³-hybridized carbons (Fsp3) is 0.375. The predicted octanol–water partition coefficient (Wildman–Crippen LogP) is 11.7. The van der Waals surface area contributed by atoms with Gasteiger partial charge in [-0.05, 0) is 147 Å². The van der Waals surface area contributed by atoms with E-state index in [0.29, 0.717) is 0 Å². The summed E-state index contributed by atoms with van der Waals surface area (Å²) in [5, 5.41) is 0. The molecule has 0 aromatic heterocycles. The number of hydrogen-bond acceptors (Lipinski definition) is 2. The fourth-order valence-corrected chi connectivity index (χ4v) is 10.2. The standard InChI is InChI=1S/C48H53BN2/c1-30-25-34-33-15-11-13-17-40(33)51(32-19-20-35-37(28-32)47(7,8)22-21-45(35,3)4)49-39-16-12-14-18-41(39)50(43(26-30)44(34)49)42-29-38-36(27-31(42)2)46(5,6)23-24-48(38,9)10/h11-20,25-29H,21-24H2,1-10H3. The number of benzene rings is 5. The van der Waals surface area contributed by atoms with Crippen LogP contribution in [0.25, 0.3) is 11.1 Å². The van der Waals surface area contributed by atoms with Crippen LogP contribution in [0, 0.1) is 13.8 Å². The summed E-state index contributed by atoms with van der Waals surface area (Å²) in [5.74, 6) is 0. The Labute approximate surface area is 307 Å². The summed E-state index contributed by atoms with van der Waals surface area (Å²) >= 11 is 0. The lowest BCUT2D eigenvalue weighted by molar-refractivity contribution is 0.332. The molecule has 258 valence electrons. The molecule has 2 heterocycles. The van der Waals surface area contributed by atoms with Crippen LogP contribution in [0.1, 0.15) is 114 Å². The van der Waals surface area contributed by atoms with Crippen LogP contribution in [-0.4, -0.2) is 6.85 Å². The van der Waals surface area contributed by atoms with Gasteiger partial charge in [0.2, 0.25) is 0 Å². The molecule has 5 aromatic carbocycles. The van der Waals surface area contributed by atoms with Crippen molar-refractivity contribution in [3.63, 3.8) is 0 Å². The first-order chi connectivity index (χ1) is 24.1. The zero-order valence-electron chi connectivity index (χ0n) is 32.5. The van der Waals surface area contributed by atoms with Crippen LogP contribution in [0.4, 0.5) is 28.4 Å². The van der Waals surface area contributed by atoms with Crippen molar-refractivity contribution in [2.24, 2.45) is 0 Å². The van der Waals surface area contributed by atoms with E-state index in [1.807, 2.05) is 0 Å². The normalized spacial score (nSPS) is 19.8. The van der Waals surface area contributed by atoms with Crippen molar-refractivity contribution in [3.8, 4) is 11.1 Å². The molecule has 2 aliphatic carbocycles. The van der Waals surface area contributed by atoms with E-state index in [1.165, 1.54) is 110 Å². The van der Waals surface area contributed by atoms with Crippen LogP contribution < -0.4 is 20.6 Å². The summed E-state index contributed by atoms with van der Waals surface area (Å²) in [6.45, 7) is 24.2. The zero-order valence-corrected chi connectivity index (χ0v) is 32.5. The van der Waals surface area contributed by atoms with Crippen LogP contribution in [0.15, 0.2) is 91.0 Å². The maximum Gasteiger partial charge on any atom is 0.333 e. The van der Waals surface area contributed by atoms with E-state index in [9.17, 15) is 0 Å². The summed E-state index contributed by atoms with van der Waals surface area (Å²) < 4.78 is 0. The first-order valence-electron chi connectivity index (χ1n) is 19.3. The van der Waals surface area contributed by atoms with Crippen LogP contribution in [0.3, 0.4) is 0 Å². The van der Waals surface area contributed by atoms with Gasteiger partial charge in [0.1, 0.15) is 0 Å². The summed E-state index contributed by atoms with van der Waals surface area (Å²) in [5.41, 5.74) is 21.2. The highest BCUT2D eigenvalue weighted by Gasteiger charge is 2.47. The lowest BCUT2D eigenvalue weighted by Gasteiger charge is -2.48. The Morgan fingerprint density at radius 1 is 0.490 bits per heavy atom. The Hall–Kier alpha value is -4.24. The maximum atomic E-state index is 2.68. The number of nitrogens with zero attached hydrogens (tertiary/aromatic N) is 2. The fourth-order valence-electron chi connectivity index (χ4n) is 10.2. The minimum Gasteiger partial charge on any atom is -0.376 e. The van der Waals surface area contributed by atoms with Crippen LogP contribution in [-0.2, 0) is 21.7 Å². The molecule has 0 radical (unpaired) electrons. The van der Waals surface area contributed by atoms with Gasteiger partial charge in [-0.2, -0.15) is 0 Å². The lowest BCUT2D eigenvalue weighted by atomic mass is 9.43. The first kappa shape index (κ1) is 32.7. The van der Waals surface area contributed by atoms with E-state index < -0.39 is 0 Å². The first-order valence-corrected chi connectivity index (χ1v) is 19.3. The molecule has 2 nitrogen and oxygen atoms in total. The topological polar surface area (TPSA) is 6.48 Å². The number of para-hydroxylation sites is 2. The highest BCUT2D eigenvalue weighted by Crippen LogP contribution is 2.53. The molecule has 0 bridgehead atoms. The molecule has 0 saturated heterocycles. The molecule has 3 heteroatoms. The third kappa shape index (κ3) is 4.69. The molecule has 4 aliphatic rings. The molecule has 2 aliphatic heterocycles. The predicted molar refractivity (Wildman–Crippen MR) is 220 cm³/mol. The average molecular weight is 669 g/mol. The highest BCUT2D eigenvalue weighted by atomic mass is 15.2. The van der Waals surface area contributed by atoms with Crippen molar-refractivity contribution in [2.45, 2.75) is 117 Å². The molecule has 9 rings (SSSR count). The molecule has 0 spiro atoms. The summed E-state index contributed by atoms with van der Waals surface area (Å²) in [6.07, 6.45) is 4.85. The van der Waals surface area contributed by atoms with E-state index in [4.69, 9.17) is 0 Å². The van der Waals surface area contributed by atoms with E-state index >= 15 is 0 Å². The largest absolute Gasteiger partial charge is 0.376 e. The van der Waals surface area contributed by atoms with Gasteiger partial charge in [0, 0.05) is 34.0 Å². The quantitative estimate of drug-likeness (QED) is 0.173. The Morgan fingerprint density at radius 3 is 1.75 bits per heavy atom. The smallest absolute Gasteiger partial charge is 0.333 e. The van der Waals surface area contributed by atoms with Crippen molar-refractivity contribution >= 4 is 46.2 Å². The minimum atomic E-state index is 0.0454. The van der Waals surface area contributed by atoms with Crippen LogP contribution in [0.5, 0.6) is 0 Å². The molecule has 51 heavy (non-hydrogen) atoms.